The van der Waals surface area contributed by atoms with Gasteiger partial charge in [-0.3, -0.25) is 9.78 Å². The molecule has 3 aromatic rings. The second-order valence-electron chi connectivity index (χ2n) is 6.05. The van der Waals surface area contributed by atoms with Crippen molar-refractivity contribution in [2.75, 3.05) is 26.6 Å². The first-order valence-corrected chi connectivity index (χ1v) is 8.87. The van der Waals surface area contributed by atoms with Crippen LogP contribution >= 0.6 is 0 Å². The van der Waals surface area contributed by atoms with Crippen LogP contribution in [0.2, 0.25) is 0 Å². The van der Waals surface area contributed by atoms with Crippen LogP contribution in [0.15, 0.2) is 60.9 Å². The average Bonchev–Trinajstić information content (AvgIpc) is 2.77. The molecule has 7 heteroatoms. The van der Waals surface area contributed by atoms with Gasteiger partial charge in [0.05, 0.1) is 21.3 Å². The molecule has 0 saturated carbocycles. The Balaban J connectivity index is 1.74. The van der Waals surface area contributed by atoms with Gasteiger partial charge < -0.3 is 24.3 Å². The fourth-order valence-electron chi connectivity index (χ4n) is 2.73. The lowest BCUT2D eigenvalue weighted by molar-refractivity contribution is 0.102. The molecule has 1 amide bonds. The molecule has 0 radical (unpaired) electrons. The van der Waals surface area contributed by atoms with Gasteiger partial charge >= 0.3 is 0 Å². The first-order valence-electron chi connectivity index (χ1n) is 8.87. The first kappa shape index (κ1) is 20.0. The Morgan fingerprint density at radius 3 is 2.34 bits per heavy atom. The summed E-state index contributed by atoms with van der Waals surface area (Å²) in [6, 6.07) is 14.1. The van der Waals surface area contributed by atoms with E-state index in [0.717, 1.165) is 5.56 Å². The predicted octanol–water partition coefficient (Wildman–Crippen LogP) is 3.94. The van der Waals surface area contributed by atoms with Crippen LogP contribution < -0.4 is 24.3 Å². The topological polar surface area (TPSA) is 78.9 Å². The largest absolute Gasteiger partial charge is 0.493 e. The molecule has 1 heterocycles. The maximum Gasteiger partial charge on any atom is 0.255 e. The average molecular weight is 394 g/mol. The molecule has 1 N–H and O–H groups in total. The molecule has 0 atom stereocenters. The van der Waals surface area contributed by atoms with E-state index in [1.807, 2.05) is 12.1 Å². The van der Waals surface area contributed by atoms with Crippen LogP contribution in [-0.4, -0.2) is 32.2 Å². The number of carbonyl (C=O) groups excluding carboxylic acids is 1. The van der Waals surface area contributed by atoms with Gasteiger partial charge in [0.15, 0.2) is 11.5 Å². The predicted molar refractivity (Wildman–Crippen MR) is 109 cm³/mol. The van der Waals surface area contributed by atoms with Crippen LogP contribution in [0.1, 0.15) is 15.9 Å². The van der Waals surface area contributed by atoms with Gasteiger partial charge in [0.25, 0.3) is 5.91 Å². The van der Waals surface area contributed by atoms with E-state index in [2.05, 4.69) is 10.3 Å². The molecule has 150 valence electrons. The molecule has 0 aliphatic carbocycles. The molecule has 0 spiro atoms. The number of aromatic nitrogens is 1. The Morgan fingerprint density at radius 2 is 1.72 bits per heavy atom. The number of anilines is 1. The van der Waals surface area contributed by atoms with Gasteiger partial charge in [-0.05, 0) is 24.3 Å². The zero-order chi connectivity index (χ0) is 20.6. The van der Waals surface area contributed by atoms with E-state index in [-0.39, 0.29) is 5.91 Å². The van der Waals surface area contributed by atoms with Crippen molar-refractivity contribution in [3.8, 4) is 23.0 Å². The number of nitrogens with zero attached hydrogens (tertiary/aromatic N) is 1. The molecular formula is C22H22N2O5. The lowest BCUT2D eigenvalue weighted by atomic mass is 10.2. The maximum absolute atomic E-state index is 12.7. The highest BCUT2D eigenvalue weighted by molar-refractivity contribution is 6.04. The normalized spacial score (nSPS) is 10.2. The van der Waals surface area contributed by atoms with Gasteiger partial charge in [0.2, 0.25) is 5.75 Å². The maximum atomic E-state index is 12.7. The number of hydrogen-bond donors (Lipinski definition) is 1. The highest BCUT2D eigenvalue weighted by atomic mass is 16.5. The number of hydrogen-bond acceptors (Lipinski definition) is 6. The third-order valence-corrected chi connectivity index (χ3v) is 4.15. The summed E-state index contributed by atoms with van der Waals surface area (Å²) < 4.78 is 21.7. The van der Waals surface area contributed by atoms with E-state index in [1.54, 1.807) is 48.8 Å². The number of benzene rings is 2. The smallest absolute Gasteiger partial charge is 0.255 e. The summed E-state index contributed by atoms with van der Waals surface area (Å²) in [6.45, 7) is 0.367. The van der Waals surface area contributed by atoms with Gasteiger partial charge in [-0.1, -0.05) is 12.1 Å². The van der Waals surface area contributed by atoms with Crippen LogP contribution in [0.5, 0.6) is 23.0 Å². The Hall–Kier alpha value is -3.74. The second kappa shape index (κ2) is 9.45. The molecule has 0 fully saturated rings. The molecule has 0 aliphatic rings. The van der Waals surface area contributed by atoms with E-state index in [4.69, 9.17) is 18.9 Å². The van der Waals surface area contributed by atoms with Crippen molar-refractivity contribution in [2.24, 2.45) is 0 Å². The van der Waals surface area contributed by atoms with Gasteiger partial charge in [0, 0.05) is 41.3 Å². The summed E-state index contributed by atoms with van der Waals surface area (Å²) in [6.07, 6.45) is 3.44. The standard InChI is InChI=1S/C22H22N2O5/c1-26-19-11-17(12-20(27-2)21(19)28-3)24-22(25)16-7-4-8-18(10-16)29-14-15-6-5-9-23-13-15/h4-13H,14H2,1-3H3,(H,24,25). The number of pyridine rings is 1. The van der Waals surface area contributed by atoms with Crippen molar-refractivity contribution in [1.29, 1.82) is 0 Å². The fourth-order valence-corrected chi connectivity index (χ4v) is 2.73. The molecule has 29 heavy (non-hydrogen) atoms. The number of nitrogens with one attached hydrogen (secondary N) is 1. The van der Waals surface area contributed by atoms with Gasteiger partial charge in [-0.2, -0.15) is 0 Å². The number of ether oxygens (including phenoxy) is 4. The summed E-state index contributed by atoms with van der Waals surface area (Å²) in [5.41, 5.74) is 1.92. The number of amides is 1. The number of rotatable bonds is 8. The third kappa shape index (κ3) is 4.95. The van der Waals surface area contributed by atoms with Crippen molar-refractivity contribution in [1.82, 2.24) is 4.98 Å². The SMILES string of the molecule is COc1cc(NC(=O)c2cccc(OCc3cccnc3)c2)cc(OC)c1OC. The van der Waals surface area contributed by atoms with Gasteiger partial charge in [-0.25, -0.2) is 0 Å². The minimum atomic E-state index is -0.286. The molecule has 3 rings (SSSR count). The lowest BCUT2D eigenvalue weighted by Gasteiger charge is -2.15. The number of carbonyl (C=O) groups is 1. The molecular weight excluding hydrogens is 372 g/mol. The van der Waals surface area contributed by atoms with E-state index < -0.39 is 0 Å². The van der Waals surface area contributed by atoms with E-state index in [9.17, 15) is 4.79 Å². The molecule has 0 unspecified atom stereocenters. The summed E-state index contributed by atoms with van der Waals surface area (Å²) in [4.78, 5) is 16.8. The van der Waals surface area contributed by atoms with Crippen molar-refractivity contribution >= 4 is 11.6 Å². The molecule has 0 saturated heterocycles. The third-order valence-electron chi connectivity index (χ3n) is 4.15. The minimum absolute atomic E-state index is 0.286. The Kier molecular flexibility index (Phi) is 6.52. The second-order valence-corrected chi connectivity index (χ2v) is 6.05. The highest BCUT2D eigenvalue weighted by Gasteiger charge is 2.15. The van der Waals surface area contributed by atoms with Crippen LogP contribution in [-0.2, 0) is 6.61 Å². The zero-order valence-electron chi connectivity index (χ0n) is 16.5. The van der Waals surface area contributed by atoms with Crippen LogP contribution in [0.4, 0.5) is 5.69 Å². The van der Waals surface area contributed by atoms with E-state index in [0.29, 0.717) is 40.9 Å². The Labute approximate surface area is 169 Å². The van der Waals surface area contributed by atoms with Crippen LogP contribution in [0.3, 0.4) is 0 Å². The van der Waals surface area contributed by atoms with Crippen molar-refractivity contribution in [3.63, 3.8) is 0 Å². The Bertz CT molecular complexity index is 951. The molecule has 1 aromatic heterocycles. The Morgan fingerprint density at radius 1 is 0.966 bits per heavy atom. The highest BCUT2D eigenvalue weighted by Crippen LogP contribution is 2.40. The first-order chi connectivity index (χ1) is 14.1. The van der Waals surface area contributed by atoms with Crippen LogP contribution in [0.25, 0.3) is 0 Å². The van der Waals surface area contributed by atoms with Crippen LogP contribution in [0, 0.1) is 0 Å². The molecule has 0 bridgehead atoms. The van der Waals surface area contributed by atoms with Gasteiger partial charge in [0.1, 0.15) is 12.4 Å². The number of methoxy groups -OCH3 is 3. The summed E-state index contributed by atoms with van der Waals surface area (Å²) in [7, 11) is 4.56. The monoisotopic (exact) mass is 394 g/mol. The van der Waals surface area contributed by atoms with Gasteiger partial charge in [-0.15, -0.1) is 0 Å². The van der Waals surface area contributed by atoms with E-state index >= 15 is 0 Å². The fraction of sp³-hybridized carbons (Fsp3) is 0.182. The summed E-state index contributed by atoms with van der Waals surface area (Å²) >= 11 is 0. The van der Waals surface area contributed by atoms with E-state index in [1.165, 1.54) is 21.3 Å². The lowest BCUT2D eigenvalue weighted by Crippen LogP contribution is -2.12. The summed E-state index contributed by atoms with van der Waals surface area (Å²) in [5.74, 6) is 1.67. The quantitative estimate of drug-likeness (QED) is 0.623. The molecule has 0 aliphatic heterocycles. The van der Waals surface area contributed by atoms with Crippen molar-refractivity contribution < 1.29 is 23.7 Å². The molecule has 7 nitrogen and oxygen atoms in total. The molecule has 2 aromatic carbocycles. The van der Waals surface area contributed by atoms with Crippen molar-refractivity contribution in [2.45, 2.75) is 6.61 Å². The zero-order valence-corrected chi connectivity index (χ0v) is 16.5. The minimum Gasteiger partial charge on any atom is -0.493 e. The summed E-state index contributed by atoms with van der Waals surface area (Å²) in [5, 5.41) is 2.84. The van der Waals surface area contributed by atoms with Crippen molar-refractivity contribution in [3.05, 3.63) is 72.1 Å².